The Kier molecular flexibility index (Phi) is 9.07. The van der Waals surface area contributed by atoms with Crippen molar-refractivity contribution in [2.45, 2.75) is 12.8 Å². The van der Waals surface area contributed by atoms with Crippen LogP contribution in [0, 0.1) is 0 Å². The highest BCUT2D eigenvalue weighted by Gasteiger charge is 2.23. The lowest BCUT2D eigenvalue weighted by Crippen LogP contribution is -2.31. The number of ether oxygens (including phenoxy) is 3. The number of carbonyl (C=O) groups is 2. The first-order chi connectivity index (χ1) is 16.4. The maximum Gasteiger partial charge on any atom is 0.257 e. The lowest BCUT2D eigenvalue weighted by atomic mass is 10.0. The summed E-state index contributed by atoms with van der Waals surface area (Å²) in [6.07, 6.45) is 5.00. The molecule has 0 spiro atoms. The molecule has 0 bridgehead atoms. The van der Waals surface area contributed by atoms with E-state index in [0.717, 1.165) is 5.69 Å². The van der Waals surface area contributed by atoms with E-state index in [-0.39, 0.29) is 51.8 Å². The van der Waals surface area contributed by atoms with Crippen LogP contribution in [0.1, 0.15) is 21.6 Å². The van der Waals surface area contributed by atoms with Crippen molar-refractivity contribution >= 4 is 34.9 Å². The number of methoxy groups -OCH3 is 2. The molecule has 0 saturated heterocycles. The summed E-state index contributed by atoms with van der Waals surface area (Å²) in [6, 6.07) is 8.71. The fourth-order valence-corrected chi connectivity index (χ4v) is 3.69. The molecule has 8 nitrogen and oxygen atoms in total. The number of halogens is 2. The van der Waals surface area contributed by atoms with Gasteiger partial charge in [-0.3, -0.25) is 19.6 Å². The van der Waals surface area contributed by atoms with Crippen LogP contribution < -0.4 is 19.5 Å². The number of rotatable bonds is 11. The molecular formula is C24H23Cl2N3O5. The Hall–Kier alpha value is -3.36. The highest BCUT2D eigenvalue weighted by Crippen LogP contribution is 2.40. The number of hydrogen-bond acceptors (Lipinski definition) is 7. The number of amides is 1. The lowest BCUT2D eigenvalue weighted by molar-refractivity contribution is -0.123. The molecule has 0 aliphatic rings. The minimum atomic E-state index is -0.362. The molecular weight excluding hydrogens is 481 g/mol. The maximum absolute atomic E-state index is 13.2. The Morgan fingerprint density at radius 3 is 2.41 bits per heavy atom. The number of ketones is 1. The second-order valence-electron chi connectivity index (χ2n) is 7.07. The van der Waals surface area contributed by atoms with E-state index < -0.39 is 0 Å². The van der Waals surface area contributed by atoms with E-state index in [2.05, 4.69) is 15.3 Å². The van der Waals surface area contributed by atoms with Gasteiger partial charge in [0, 0.05) is 49.2 Å². The van der Waals surface area contributed by atoms with Crippen molar-refractivity contribution in [3.63, 3.8) is 0 Å². The van der Waals surface area contributed by atoms with Gasteiger partial charge in [0.15, 0.2) is 23.9 Å². The van der Waals surface area contributed by atoms with Gasteiger partial charge in [0.1, 0.15) is 0 Å². The number of pyridine rings is 2. The molecule has 0 unspecified atom stereocenters. The third kappa shape index (κ3) is 6.36. The van der Waals surface area contributed by atoms with Crippen molar-refractivity contribution in [1.29, 1.82) is 0 Å². The van der Waals surface area contributed by atoms with Crippen molar-refractivity contribution in [3.05, 3.63) is 75.8 Å². The van der Waals surface area contributed by atoms with Gasteiger partial charge in [-0.1, -0.05) is 29.3 Å². The van der Waals surface area contributed by atoms with Gasteiger partial charge >= 0.3 is 0 Å². The fourth-order valence-electron chi connectivity index (χ4n) is 3.19. The summed E-state index contributed by atoms with van der Waals surface area (Å²) in [5.74, 6) is -0.0555. The van der Waals surface area contributed by atoms with E-state index in [1.807, 2.05) is 18.2 Å². The van der Waals surface area contributed by atoms with Crippen LogP contribution in [0.5, 0.6) is 17.2 Å². The van der Waals surface area contributed by atoms with Crippen LogP contribution >= 0.6 is 23.2 Å². The molecule has 3 rings (SSSR count). The van der Waals surface area contributed by atoms with Crippen molar-refractivity contribution < 1.29 is 23.8 Å². The number of benzene rings is 1. The van der Waals surface area contributed by atoms with Gasteiger partial charge in [0.25, 0.3) is 5.91 Å². The maximum atomic E-state index is 13.2. The molecule has 2 heterocycles. The van der Waals surface area contributed by atoms with Crippen LogP contribution in [0.2, 0.25) is 10.0 Å². The van der Waals surface area contributed by atoms with E-state index >= 15 is 0 Å². The molecule has 0 fully saturated rings. The molecule has 3 aromatic rings. The molecule has 0 saturated carbocycles. The Morgan fingerprint density at radius 1 is 1.00 bits per heavy atom. The Balaban J connectivity index is 1.75. The number of aromatic nitrogens is 2. The molecule has 1 aromatic carbocycles. The third-order valence-electron chi connectivity index (χ3n) is 4.87. The van der Waals surface area contributed by atoms with E-state index in [4.69, 9.17) is 37.4 Å². The summed E-state index contributed by atoms with van der Waals surface area (Å²) in [5, 5.41) is 3.32. The van der Waals surface area contributed by atoms with E-state index in [1.165, 1.54) is 26.6 Å². The van der Waals surface area contributed by atoms with Gasteiger partial charge in [-0.25, -0.2) is 0 Å². The van der Waals surface area contributed by atoms with Crippen LogP contribution in [-0.4, -0.2) is 49.0 Å². The van der Waals surface area contributed by atoms with E-state index in [9.17, 15) is 9.59 Å². The summed E-state index contributed by atoms with van der Waals surface area (Å²) in [6.45, 7) is 0.0576. The van der Waals surface area contributed by atoms with E-state index in [1.54, 1.807) is 18.3 Å². The zero-order valence-corrected chi connectivity index (χ0v) is 20.2. The highest BCUT2D eigenvalue weighted by molar-refractivity contribution is 6.36. The number of carbonyl (C=O) groups excluding carboxylic acids is 2. The molecule has 10 heteroatoms. The lowest BCUT2D eigenvalue weighted by Gasteiger charge is -2.17. The van der Waals surface area contributed by atoms with Crippen molar-refractivity contribution in [1.82, 2.24) is 15.3 Å². The first-order valence-corrected chi connectivity index (χ1v) is 11.1. The Labute approximate surface area is 207 Å². The first kappa shape index (κ1) is 25.3. The molecule has 1 N–H and O–H groups in total. The predicted octanol–water partition coefficient (Wildman–Crippen LogP) is 3.96. The molecule has 0 atom stereocenters. The van der Waals surface area contributed by atoms with Gasteiger partial charge in [-0.2, -0.15) is 0 Å². The standard InChI is InChI=1S/C24H23Cl2N3O5/c1-32-21-7-6-16(20(30)11-17-18(25)12-27-13-19(17)26)23(24(21)33-2)34-14-22(31)29-10-8-15-5-3-4-9-28-15/h3-7,9,12-13H,8,10-11,14H2,1-2H3,(H,29,31). The van der Waals surface area contributed by atoms with Crippen LogP contribution in [0.4, 0.5) is 0 Å². The zero-order valence-electron chi connectivity index (χ0n) is 18.6. The topological polar surface area (TPSA) is 99.6 Å². The summed E-state index contributed by atoms with van der Waals surface area (Å²) in [7, 11) is 2.88. The average Bonchev–Trinajstić information content (AvgIpc) is 2.84. The predicted molar refractivity (Wildman–Crippen MR) is 128 cm³/mol. The number of nitrogens with zero attached hydrogens (tertiary/aromatic N) is 2. The van der Waals surface area contributed by atoms with E-state index in [0.29, 0.717) is 24.3 Å². The molecule has 178 valence electrons. The van der Waals surface area contributed by atoms with Crippen LogP contribution in [0.15, 0.2) is 48.9 Å². The summed E-state index contributed by atoms with van der Waals surface area (Å²) in [5.41, 5.74) is 1.50. The Morgan fingerprint density at radius 2 is 1.76 bits per heavy atom. The van der Waals surface area contributed by atoms with Gasteiger partial charge in [-0.15, -0.1) is 0 Å². The molecule has 0 aliphatic heterocycles. The van der Waals surface area contributed by atoms with Gasteiger partial charge in [-0.05, 0) is 24.3 Å². The van der Waals surface area contributed by atoms with Gasteiger partial charge in [0.2, 0.25) is 5.75 Å². The minimum absolute atomic E-state index is 0.0908. The molecule has 0 aliphatic carbocycles. The smallest absolute Gasteiger partial charge is 0.257 e. The first-order valence-electron chi connectivity index (χ1n) is 10.3. The molecule has 1 amide bonds. The van der Waals surface area contributed by atoms with Gasteiger partial charge < -0.3 is 19.5 Å². The molecule has 2 aromatic heterocycles. The number of nitrogens with one attached hydrogen (secondary N) is 1. The SMILES string of the molecule is COc1ccc(C(=O)Cc2c(Cl)cncc2Cl)c(OCC(=O)NCCc2ccccn2)c1OC. The minimum Gasteiger partial charge on any atom is -0.493 e. The third-order valence-corrected chi connectivity index (χ3v) is 5.52. The molecule has 0 radical (unpaired) electrons. The number of Topliss-reactive ketones (excluding diaryl/α,β-unsaturated/α-hetero) is 1. The number of hydrogen-bond donors (Lipinski definition) is 1. The van der Waals surface area contributed by atoms with Gasteiger partial charge in [0.05, 0.1) is 29.8 Å². The monoisotopic (exact) mass is 503 g/mol. The van der Waals surface area contributed by atoms with Crippen LogP contribution in [-0.2, 0) is 17.6 Å². The normalized spacial score (nSPS) is 10.5. The summed E-state index contributed by atoms with van der Waals surface area (Å²) >= 11 is 12.3. The molecule has 34 heavy (non-hydrogen) atoms. The highest BCUT2D eigenvalue weighted by atomic mass is 35.5. The largest absolute Gasteiger partial charge is 0.493 e. The van der Waals surface area contributed by atoms with Crippen LogP contribution in [0.3, 0.4) is 0 Å². The second kappa shape index (κ2) is 12.2. The van der Waals surface area contributed by atoms with Crippen molar-refractivity contribution in [3.8, 4) is 17.2 Å². The van der Waals surface area contributed by atoms with Crippen LogP contribution in [0.25, 0.3) is 0 Å². The average molecular weight is 504 g/mol. The quantitative estimate of drug-likeness (QED) is 0.395. The zero-order chi connectivity index (χ0) is 24.5. The second-order valence-corrected chi connectivity index (χ2v) is 7.88. The summed E-state index contributed by atoms with van der Waals surface area (Å²) < 4.78 is 16.5. The van der Waals surface area contributed by atoms with Crippen molar-refractivity contribution in [2.24, 2.45) is 0 Å². The van der Waals surface area contributed by atoms with Crippen molar-refractivity contribution in [2.75, 3.05) is 27.4 Å². The summed E-state index contributed by atoms with van der Waals surface area (Å²) in [4.78, 5) is 33.6. The fraction of sp³-hybridized carbons (Fsp3) is 0.250. The Bertz CT molecular complexity index is 1140.